The van der Waals surface area contributed by atoms with Crippen LogP contribution in [0.3, 0.4) is 0 Å². The smallest absolute Gasteiger partial charge is 0.0678 e. The number of hydrogen-bond acceptors (Lipinski definition) is 0. The molecule has 0 fully saturated rings. The van der Waals surface area contributed by atoms with Gasteiger partial charge >= 0.3 is 0 Å². The van der Waals surface area contributed by atoms with Crippen LogP contribution < -0.4 is 0 Å². The van der Waals surface area contributed by atoms with E-state index >= 15 is 0 Å². The largest absolute Gasteiger partial charge is 0.0973 e. The maximum Gasteiger partial charge on any atom is 0.0678 e. The van der Waals surface area contributed by atoms with Crippen molar-refractivity contribution in [3.05, 3.63) is 52.4 Å². The van der Waals surface area contributed by atoms with Gasteiger partial charge in [-0.1, -0.05) is 12.3 Å². The Morgan fingerprint density at radius 3 is 2.50 bits per heavy atom. The van der Waals surface area contributed by atoms with Crippen LogP contribution in [-0.4, -0.2) is 0 Å². The minimum Gasteiger partial charge on any atom is -0.0973 e. The van der Waals surface area contributed by atoms with Gasteiger partial charge in [0.05, 0.1) is 4.48 Å². The summed E-state index contributed by atoms with van der Waals surface area (Å²) in [6.45, 7) is 6.79. The van der Waals surface area contributed by atoms with Gasteiger partial charge in [-0.15, -0.1) is 0 Å². The lowest BCUT2D eigenvalue weighted by molar-refractivity contribution is 2.01. The minimum absolute atomic E-state index is 0.728. The van der Waals surface area contributed by atoms with Gasteiger partial charge in [0.2, 0.25) is 0 Å². The van der Waals surface area contributed by atoms with Gasteiger partial charge in [-0.3, -0.25) is 0 Å². The third-order valence-electron chi connectivity index (χ3n) is 0.575. The van der Waals surface area contributed by atoms with Crippen molar-refractivity contribution in [1.29, 1.82) is 0 Å². The predicted molar refractivity (Wildman–Crippen MR) is 45.8 cm³/mol. The van der Waals surface area contributed by atoms with E-state index in [0.29, 0.717) is 0 Å². The van der Waals surface area contributed by atoms with Gasteiger partial charge in [0.1, 0.15) is 0 Å². The SMILES string of the molecule is C=C=C=C=C=C=C(Br)C=C. The molecule has 0 aliphatic heterocycles. The Labute approximate surface area is 68.7 Å². The van der Waals surface area contributed by atoms with Crippen LogP contribution in [0, 0.1) is 0 Å². The first-order valence-electron chi connectivity index (χ1n) is 2.49. The second-order valence-electron chi connectivity index (χ2n) is 1.23. The van der Waals surface area contributed by atoms with Gasteiger partial charge in [-0.05, 0) is 51.5 Å². The average molecular weight is 193 g/mol. The van der Waals surface area contributed by atoms with E-state index in [1.165, 1.54) is 0 Å². The summed E-state index contributed by atoms with van der Waals surface area (Å²) in [5, 5.41) is 0. The van der Waals surface area contributed by atoms with Gasteiger partial charge in [0.15, 0.2) is 0 Å². The first-order valence-corrected chi connectivity index (χ1v) is 3.28. The molecule has 0 saturated carbocycles. The highest BCUT2D eigenvalue weighted by atomic mass is 79.9. The summed E-state index contributed by atoms with van der Waals surface area (Å²) in [4.78, 5) is 0. The molecule has 0 rings (SSSR count). The Balaban J connectivity index is 5.04. The zero-order chi connectivity index (χ0) is 7.82. The second-order valence-corrected chi connectivity index (χ2v) is 2.08. The van der Waals surface area contributed by atoms with Crippen LogP contribution in [0.15, 0.2) is 52.4 Å². The molecule has 48 valence electrons. The van der Waals surface area contributed by atoms with Crippen LogP contribution in [0.2, 0.25) is 0 Å². The normalized spacial score (nSPS) is 5.30. The lowest BCUT2D eigenvalue weighted by Crippen LogP contribution is -1.46. The van der Waals surface area contributed by atoms with E-state index in [0.717, 1.165) is 4.48 Å². The maximum atomic E-state index is 3.50. The summed E-state index contributed by atoms with van der Waals surface area (Å²) >= 11 is 3.15. The summed E-state index contributed by atoms with van der Waals surface area (Å²) in [7, 11) is 0. The molecule has 10 heavy (non-hydrogen) atoms. The van der Waals surface area contributed by atoms with Gasteiger partial charge in [0.25, 0.3) is 0 Å². The highest BCUT2D eigenvalue weighted by Crippen LogP contribution is 2.00. The molecule has 0 aromatic carbocycles. The Kier molecular flexibility index (Phi) is 5.30. The standard InChI is InChI=1S/C9H5Br/c1-3-5-6-7-8-9(10)4-2/h4H,1-2H2. The highest BCUT2D eigenvalue weighted by Gasteiger charge is 1.70. The van der Waals surface area contributed by atoms with Gasteiger partial charge in [0, 0.05) is 0 Å². The van der Waals surface area contributed by atoms with Crippen LogP contribution in [0.4, 0.5) is 0 Å². The molecule has 0 amide bonds. The van der Waals surface area contributed by atoms with Crippen molar-refractivity contribution in [2.24, 2.45) is 0 Å². The molecule has 0 atom stereocenters. The van der Waals surface area contributed by atoms with Gasteiger partial charge in [-0.25, -0.2) is 0 Å². The fraction of sp³-hybridized carbons (Fsp3) is 0. The van der Waals surface area contributed by atoms with Crippen LogP contribution in [0.1, 0.15) is 0 Å². The Bertz CT molecular complexity index is 305. The molecule has 0 N–H and O–H groups in total. The van der Waals surface area contributed by atoms with Crippen molar-refractivity contribution in [3.63, 3.8) is 0 Å². The van der Waals surface area contributed by atoms with Crippen LogP contribution >= 0.6 is 15.9 Å². The molecule has 0 spiro atoms. The highest BCUT2D eigenvalue weighted by molar-refractivity contribution is 9.11. The van der Waals surface area contributed by atoms with Crippen LogP contribution in [-0.2, 0) is 0 Å². The van der Waals surface area contributed by atoms with E-state index < -0.39 is 0 Å². The zero-order valence-electron chi connectivity index (χ0n) is 5.37. The summed E-state index contributed by atoms with van der Waals surface area (Å²) in [5.41, 5.74) is 12.6. The molecule has 1 heteroatoms. The average Bonchev–Trinajstić information content (AvgIpc) is 1.98. The van der Waals surface area contributed by atoms with Crippen LogP contribution in [0.5, 0.6) is 0 Å². The molecule has 0 bridgehead atoms. The molecular formula is C9H5Br. The fourth-order valence-corrected chi connectivity index (χ4v) is 0.317. The van der Waals surface area contributed by atoms with Crippen molar-refractivity contribution >= 4 is 15.9 Å². The molecule has 0 saturated heterocycles. The molecule has 0 heterocycles. The lowest BCUT2D eigenvalue weighted by atomic mass is 10.6. The maximum absolute atomic E-state index is 3.50. The molecule has 0 unspecified atom stereocenters. The van der Waals surface area contributed by atoms with E-state index in [1.54, 1.807) is 6.08 Å². The molecule has 0 aromatic heterocycles. The number of halogens is 1. The molecule has 0 aliphatic rings. The summed E-state index contributed by atoms with van der Waals surface area (Å²) < 4.78 is 0.728. The predicted octanol–water partition coefficient (Wildman–Crippen LogP) is 2.86. The van der Waals surface area contributed by atoms with Gasteiger partial charge in [-0.2, -0.15) is 0 Å². The fourth-order valence-electron chi connectivity index (χ4n) is 0.217. The van der Waals surface area contributed by atoms with Crippen molar-refractivity contribution in [3.8, 4) is 0 Å². The Morgan fingerprint density at radius 2 is 2.00 bits per heavy atom. The van der Waals surface area contributed by atoms with Crippen molar-refractivity contribution in [1.82, 2.24) is 0 Å². The number of hydrogen-bond donors (Lipinski definition) is 0. The second kappa shape index (κ2) is 5.99. The molecular weight excluding hydrogens is 188 g/mol. The van der Waals surface area contributed by atoms with E-state index in [1.807, 2.05) is 0 Å². The van der Waals surface area contributed by atoms with E-state index in [4.69, 9.17) is 0 Å². The number of rotatable bonds is 1. The quantitative estimate of drug-likeness (QED) is 0.443. The minimum atomic E-state index is 0.728. The zero-order valence-corrected chi connectivity index (χ0v) is 6.96. The molecule has 0 aromatic rings. The number of allylic oxidation sites excluding steroid dienone is 2. The third kappa shape index (κ3) is 5.01. The first kappa shape index (κ1) is 8.86. The molecule has 0 aliphatic carbocycles. The van der Waals surface area contributed by atoms with E-state index in [9.17, 15) is 0 Å². The summed E-state index contributed by atoms with van der Waals surface area (Å²) in [6, 6.07) is 0. The van der Waals surface area contributed by atoms with Crippen LogP contribution in [0.25, 0.3) is 0 Å². The lowest BCUT2D eigenvalue weighted by Gasteiger charge is -1.69. The topological polar surface area (TPSA) is 0 Å². The Hall–Kier alpha value is -1.14. The monoisotopic (exact) mass is 192 g/mol. The van der Waals surface area contributed by atoms with E-state index in [-0.39, 0.29) is 0 Å². The molecule has 0 radical (unpaired) electrons. The van der Waals surface area contributed by atoms with Crippen molar-refractivity contribution in [2.75, 3.05) is 0 Å². The Morgan fingerprint density at radius 1 is 1.30 bits per heavy atom. The van der Waals surface area contributed by atoms with Crippen molar-refractivity contribution < 1.29 is 0 Å². The summed E-state index contributed by atoms with van der Waals surface area (Å²) in [5.74, 6) is 0. The summed E-state index contributed by atoms with van der Waals surface area (Å²) in [6.07, 6.45) is 1.60. The van der Waals surface area contributed by atoms with Crippen molar-refractivity contribution in [2.45, 2.75) is 0 Å². The van der Waals surface area contributed by atoms with Gasteiger partial charge < -0.3 is 0 Å². The first-order chi connectivity index (χ1) is 4.81. The molecule has 0 nitrogen and oxygen atoms in total. The third-order valence-corrected chi connectivity index (χ3v) is 1.10. The van der Waals surface area contributed by atoms with E-state index in [2.05, 4.69) is 57.7 Å².